The fourth-order valence-electron chi connectivity index (χ4n) is 6.91. The average molecular weight is 942 g/mol. The zero-order chi connectivity index (χ0) is 53.5. The normalized spacial score (nSPS) is 9.09. The van der Waals surface area contributed by atoms with Gasteiger partial charge in [-0.15, -0.1) is 0 Å². The molecule has 0 radical (unpaired) electrons. The van der Waals surface area contributed by atoms with Gasteiger partial charge in [0.15, 0.2) is 0 Å². The Balaban J connectivity index is -0.000000831. The van der Waals surface area contributed by atoms with E-state index in [9.17, 15) is 0 Å². The van der Waals surface area contributed by atoms with Crippen LogP contribution in [0, 0.1) is 0 Å². The van der Waals surface area contributed by atoms with Crippen LogP contribution >= 0.6 is 0 Å². The van der Waals surface area contributed by atoms with Crippen molar-refractivity contribution in [2.75, 3.05) is 23.9 Å². The Morgan fingerprint density at radius 1 is 0.157 bits per heavy atom. The van der Waals surface area contributed by atoms with Crippen LogP contribution in [0.1, 0.15) is 125 Å². The number of rotatable bonds is 0. The maximum Gasteiger partial charge on any atom is 0.0488 e. The third-order valence-electron chi connectivity index (χ3n) is 9.41. The van der Waals surface area contributed by atoms with Gasteiger partial charge in [-0.2, -0.15) is 0 Å². The molecular formula is C68H96N2. The minimum Gasteiger partial charge on any atom is -0.344 e. The predicted molar refractivity (Wildman–Crippen MR) is 326 cm³/mol. The molecule has 0 aromatic heterocycles. The van der Waals surface area contributed by atoms with Gasteiger partial charge >= 0.3 is 0 Å². The smallest absolute Gasteiger partial charge is 0.0488 e. The molecule has 8 aromatic carbocycles. The molecule has 0 atom stereocenters. The zero-order valence-corrected chi connectivity index (χ0v) is 47.7. The van der Waals surface area contributed by atoms with Gasteiger partial charge in [-0.1, -0.05) is 319 Å². The van der Waals surface area contributed by atoms with E-state index < -0.39 is 0 Å². The quantitative estimate of drug-likeness (QED) is 0.149. The van der Waals surface area contributed by atoms with Gasteiger partial charge in [0.2, 0.25) is 0 Å². The maximum atomic E-state index is 2.28. The fourth-order valence-corrected chi connectivity index (χ4v) is 6.91. The molecule has 70 heavy (non-hydrogen) atoms. The number of hydrogen-bond donors (Lipinski definition) is 0. The van der Waals surface area contributed by atoms with E-state index in [1.54, 1.807) is 0 Å². The lowest BCUT2D eigenvalue weighted by molar-refractivity contribution is 1.22. The third-order valence-corrected chi connectivity index (χ3v) is 9.41. The molecule has 2 aliphatic rings. The van der Waals surface area contributed by atoms with Crippen LogP contribution in [0.4, 0.5) is 22.7 Å². The van der Waals surface area contributed by atoms with E-state index in [0.29, 0.717) is 0 Å². The van der Waals surface area contributed by atoms with Gasteiger partial charge in [0.1, 0.15) is 0 Å². The molecule has 0 unspecified atom stereocenters. The highest BCUT2D eigenvalue weighted by Crippen LogP contribution is 2.47. The van der Waals surface area contributed by atoms with Crippen LogP contribution in [-0.2, 0) is 0 Å². The Morgan fingerprint density at radius 3 is 0.414 bits per heavy atom. The van der Waals surface area contributed by atoms with E-state index in [4.69, 9.17) is 0 Å². The molecule has 0 amide bonds. The fraction of sp³-hybridized carbons (Fsp3) is 0.294. The lowest BCUT2D eigenvalue weighted by Gasteiger charge is -2.21. The van der Waals surface area contributed by atoms with Crippen molar-refractivity contribution in [3.8, 4) is 44.5 Å². The molecule has 0 saturated heterocycles. The summed E-state index contributed by atoms with van der Waals surface area (Å²) in [4.78, 5) is 4.56. The van der Waals surface area contributed by atoms with Crippen molar-refractivity contribution in [3.63, 3.8) is 0 Å². The number of anilines is 4. The van der Waals surface area contributed by atoms with Gasteiger partial charge in [-0.25, -0.2) is 0 Å². The summed E-state index contributed by atoms with van der Waals surface area (Å²) in [6.07, 6.45) is 0. The van der Waals surface area contributed by atoms with Crippen LogP contribution in [0.2, 0.25) is 0 Å². The average Bonchev–Trinajstić information content (AvgIpc) is 3.68. The summed E-state index contributed by atoms with van der Waals surface area (Å²) < 4.78 is 0. The van der Waals surface area contributed by atoms with Gasteiger partial charge < -0.3 is 9.80 Å². The molecule has 2 nitrogen and oxygen atoms in total. The van der Waals surface area contributed by atoms with Crippen molar-refractivity contribution in [2.24, 2.45) is 0 Å². The van der Waals surface area contributed by atoms with E-state index in [1.807, 2.05) is 197 Å². The van der Waals surface area contributed by atoms with Crippen LogP contribution in [0.5, 0.6) is 0 Å². The Morgan fingerprint density at radius 2 is 0.271 bits per heavy atom. The standard InChI is InChI=1S/2C19H15N.2C6H6.9C2H6/c2*1-20-18-12-6-4-10-16(18)14-8-2-3-9-15(14)17-11-5-7-13-19(17)20;2*1-2-4-6-5-3-1;9*1-2/h2*2-13H,1H3;2*1-6H;9*1-2H3. The van der Waals surface area contributed by atoms with Crippen LogP contribution in [0.3, 0.4) is 0 Å². The molecule has 0 N–H and O–H groups in total. The SMILES string of the molecule is CC.CC.CC.CC.CC.CC.CC.CC.CC.CN1c2ccccc2-c2ccccc2-c2ccccc21.CN1c2ccccc2-c2ccccc2-c2ccccc21.c1ccccc1.c1ccccc1. The van der Waals surface area contributed by atoms with Crippen LogP contribution in [-0.4, -0.2) is 14.1 Å². The summed E-state index contributed by atoms with van der Waals surface area (Å²) in [6, 6.07) is 75.7. The molecule has 0 aliphatic carbocycles. The first-order valence-electron chi connectivity index (χ1n) is 26.8. The van der Waals surface area contributed by atoms with Crippen molar-refractivity contribution >= 4 is 22.7 Å². The van der Waals surface area contributed by atoms with Gasteiger partial charge in [0.25, 0.3) is 0 Å². The first-order chi connectivity index (χ1) is 34.7. The summed E-state index contributed by atoms with van der Waals surface area (Å²) in [6.45, 7) is 36.0. The first-order valence-corrected chi connectivity index (χ1v) is 26.8. The number of para-hydroxylation sites is 4. The summed E-state index contributed by atoms with van der Waals surface area (Å²) in [5.74, 6) is 0. The number of nitrogens with zero attached hydrogens (tertiary/aromatic N) is 2. The largest absolute Gasteiger partial charge is 0.344 e. The monoisotopic (exact) mass is 941 g/mol. The van der Waals surface area contributed by atoms with Crippen molar-refractivity contribution in [3.05, 3.63) is 218 Å². The first kappa shape index (κ1) is 67.6. The van der Waals surface area contributed by atoms with E-state index >= 15 is 0 Å². The Hall–Kier alpha value is -6.64. The van der Waals surface area contributed by atoms with E-state index in [1.165, 1.54) is 67.3 Å². The van der Waals surface area contributed by atoms with Crippen molar-refractivity contribution in [1.29, 1.82) is 0 Å². The molecule has 8 aromatic rings. The molecule has 10 rings (SSSR count). The molecule has 2 aliphatic heterocycles. The topological polar surface area (TPSA) is 6.48 Å². The van der Waals surface area contributed by atoms with E-state index in [-0.39, 0.29) is 0 Å². The highest BCUT2D eigenvalue weighted by Gasteiger charge is 2.22. The van der Waals surface area contributed by atoms with E-state index in [0.717, 1.165) is 0 Å². The summed E-state index contributed by atoms with van der Waals surface area (Å²) >= 11 is 0. The summed E-state index contributed by atoms with van der Waals surface area (Å²) in [7, 11) is 4.28. The maximum absolute atomic E-state index is 2.28. The van der Waals surface area contributed by atoms with Gasteiger partial charge in [0.05, 0.1) is 0 Å². The summed E-state index contributed by atoms with van der Waals surface area (Å²) in [5, 5.41) is 0. The van der Waals surface area contributed by atoms with E-state index in [2.05, 4.69) is 169 Å². The van der Waals surface area contributed by atoms with Crippen molar-refractivity contribution in [2.45, 2.75) is 125 Å². The molecule has 0 bridgehead atoms. The van der Waals surface area contributed by atoms with Crippen molar-refractivity contribution < 1.29 is 0 Å². The second kappa shape index (κ2) is 46.1. The highest BCUT2D eigenvalue weighted by atomic mass is 15.1. The third kappa shape index (κ3) is 20.9. The second-order valence-electron chi connectivity index (χ2n) is 12.6. The molecular weight excluding hydrogens is 845 g/mol. The molecule has 0 spiro atoms. The molecule has 2 heteroatoms. The summed E-state index contributed by atoms with van der Waals surface area (Å²) in [5.41, 5.74) is 15.4. The Bertz CT molecular complexity index is 1990. The Labute approximate surface area is 432 Å². The molecule has 0 saturated carbocycles. The molecule has 0 fully saturated rings. The van der Waals surface area contributed by atoms with Crippen LogP contribution in [0.15, 0.2) is 218 Å². The number of hydrogen-bond acceptors (Lipinski definition) is 2. The predicted octanol–water partition coefficient (Wildman–Crippen LogP) is 22.8. The van der Waals surface area contributed by atoms with Crippen molar-refractivity contribution in [1.82, 2.24) is 0 Å². The number of benzene rings is 8. The second-order valence-corrected chi connectivity index (χ2v) is 12.6. The van der Waals surface area contributed by atoms with Gasteiger partial charge in [-0.3, -0.25) is 0 Å². The minimum absolute atomic E-state index is 1.25. The lowest BCUT2D eigenvalue weighted by atomic mass is 9.95. The zero-order valence-electron chi connectivity index (χ0n) is 47.7. The minimum atomic E-state index is 1.25. The van der Waals surface area contributed by atoms with Gasteiger partial charge in [0, 0.05) is 59.1 Å². The van der Waals surface area contributed by atoms with Gasteiger partial charge in [-0.05, 0) is 46.5 Å². The lowest BCUT2D eigenvalue weighted by Crippen LogP contribution is -2.09. The van der Waals surface area contributed by atoms with Crippen LogP contribution < -0.4 is 9.80 Å². The van der Waals surface area contributed by atoms with Crippen LogP contribution in [0.25, 0.3) is 44.5 Å². The Kier molecular flexibility index (Phi) is 44.5. The highest BCUT2D eigenvalue weighted by molar-refractivity contribution is 6.00. The number of fused-ring (bicyclic) bond motifs is 10. The molecule has 378 valence electrons. The molecule has 2 heterocycles.